The molecule has 2 unspecified atom stereocenters. The van der Waals surface area contributed by atoms with E-state index in [1.165, 1.54) is 25.3 Å². The first-order valence-corrected chi connectivity index (χ1v) is 9.09. The molecule has 0 radical (unpaired) electrons. The van der Waals surface area contributed by atoms with Crippen LogP contribution >= 0.6 is 0 Å². The van der Waals surface area contributed by atoms with Crippen molar-refractivity contribution in [2.45, 2.75) is 63.7 Å². The number of alkyl halides is 3. The molecule has 2 fully saturated rings. The zero-order chi connectivity index (χ0) is 18.0. The summed E-state index contributed by atoms with van der Waals surface area (Å²) in [5.41, 5.74) is -0.0197. The zero-order valence-electron chi connectivity index (χ0n) is 14.5. The third kappa shape index (κ3) is 4.17. The summed E-state index contributed by atoms with van der Waals surface area (Å²) in [5, 5.41) is 3.10. The fraction of sp³-hybridized carbons (Fsp3) is 0.632. The number of benzene rings is 1. The fourth-order valence-electron chi connectivity index (χ4n) is 4.13. The third-order valence-electron chi connectivity index (χ3n) is 5.45. The highest BCUT2D eigenvalue weighted by atomic mass is 19.4. The van der Waals surface area contributed by atoms with E-state index in [1.807, 2.05) is 0 Å². The maximum atomic E-state index is 12.8. The number of likely N-dealkylation sites (tertiary alicyclic amines) is 1. The minimum absolute atomic E-state index is 0.0843. The first-order valence-electron chi connectivity index (χ1n) is 9.09. The second kappa shape index (κ2) is 7.36. The molecule has 1 N–H and O–H groups in total. The normalized spacial score (nSPS) is 25.1. The van der Waals surface area contributed by atoms with Crippen molar-refractivity contribution >= 4 is 5.91 Å². The molecule has 25 heavy (non-hydrogen) atoms. The lowest BCUT2D eigenvalue weighted by atomic mass is 9.89. The number of nitrogens with zero attached hydrogens (tertiary/aromatic N) is 1. The van der Waals surface area contributed by atoms with E-state index in [0.29, 0.717) is 17.2 Å². The van der Waals surface area contributed by atoms with Gasteiger partial charge in [0.25, 0.3) is 5.91 Å². The summed E-state index contributed by atoms with van der Waals surface area (Å²) in [6.07, 6.45) is 2.30. The number of hydrogen-bond donors (Lipinski definition) is 1. The molecule has 1 aromatic rings. The molecule has 1 aliphatic carbocycles. The minimum atomic E-state index is -4.38. The molecule has 2 atom stereocenters. The minimum Gasteiger partial charge on any atom is -0.348 e. The number of hydrogen-bond acceptors (Lipinski definition) is 2. The number of amides is 1. The monoisotopic (exact) mass is 354 g/mol. The Bertz CT molecular complexity index is 624. The van der Waals surface area contributed by atoms with Gasteiger partial charge in [-0.2, -0.15) is 13.2 Å². The Morgan fingerprint density at radius 1 is 1.12 bits per heavy atom. The number of carbonyl (C=O) groups is 1. The molecule has 6 heteroatoms. The SMILES string of the molecule is Cc1cc(C(F)(F)F)ccc1C(=O)NC1CCCCC1N1CCCC1. The average Bonchev–Trinajstić information content (AvgIpc) is 3.08. The first-order chi connectivity index (χ1) is 11.9. The van der Waals surface area contributed by atoms with Crippen molar-refractivity contribution in [2.24, 2.45) is 0 Å². The molecular formula is C19H25F3N2O. The Kier molecular flexibility index (Phi) is 5.37. The standard InChI is InChI=1S/C19H25F3N2O/c1-13-12-14(19(20,21)22)8-9-15(13)18(25)23-16-6-2-3-7-17(16)24-10-4-5-11-24/h8-9,12,16-17H,2-7,10-11H2,1H3,(H,23,25). The predicted molar refractivity (Wildman–Crippen MR) is 90.5 cm³/mol. The lowest BCUT2D eigenvalue weighted by Crippen LogP contribution is -2.52. The molecular weight excluding hydrogens is 329 g/mol. The van der Waals surface area contributed by atoms with Crippen LogP contribution in [-0.2, 0) is 6.18 Å². The van der Waals surface area contributed by atoms with Gasteiger partial charge in [-0.1, -0.05) is 12.8 Å². The maximum Gasteiger partial charge on any atom is 0.416 e. The third-order valence-corrected chi connectivity index (χ3v) is 5.45. The van der Waals surface area contributed by atoms with Crippen molar-refractivity contribution in [1.29, 1.82) is 0 Å². The fourth-order valence-corrected chi connectivity index (χ4v) is 4.13. The molecule has 1 aromatic carbocycles. The highest BCUT2D eigenvalue weighted by Gasteiger charge is 2.34. The maximum absolute atomic E-state index is 12.8. The first kappa shape index (κ1) is 18.2. The molecule has 1 heterocycles. The van der Waals surface area contributed by atoms with Gasteiger partial charge in [0, 0.05) is 17.6 Å². The van der Waals surface area contributed by atoms with Crippen LogP contribution in [0.3, 0.4) is 0 Å². The van der Waals surface area contributed by atoms with E-state index in [4.69, 9.17) is 0 Å². The average molecular weight is 354 g/mol. The molecule has 1 saturated carbocycles. The van der Waals surface area contributed by atoms with E-state index in [1.54, 1.807) is 6.92 Å². The van der Waals surface area contributed by atoms with Crippen molar-refractivity contribution in [1.82, 2.24) is 10.2 Å². The summed E-state index contributed by atoms with van der Waals surface area (Å²) in [7, 11) is 0. The van der Waals surface area contributed by atoms with Crippen LogP contribution in [-0.4, -0.2) is 36.0 Å². The predicted octanol–water partition coefficient (Wildman–Crippen LogP) is 4.15. The van der Waals surface area contributed by atoms with Crippen LogP contribution in [0.4, 0.5) is 13.2 Å². The summed E-state index contributed by atoms with van der Waals surface area (Å²) in [4.78, 5) is 15.1. The highest BCUT2D eigenvalue weighted by Crippen LogP contribution is 2.31. The van der Waals surface area contributed by atoms with E-state index in [-0.39, 0.29) is 11.9 Å². The molecule has 3 rings (SSSR count). The molecule has 138 valence electrons. The smallest absolute Gasteiger partial charge is 0.348 e. The van der Waals surface area contributed by atoms with Crippen molar-refractivity contribution in [2.75, 3.05) is 13.1 Å². The molecule has 0 bridgehead atoms. The lowest BCUT2D eigenvalue weighted by molar-refractivity contribution is -0.137. The quantitative estimate of drug-likeness (QED) is 0.884. The van der Waals surface area contributed by atoms with Gasteiger partial charge in [0.1, 0.15) is 0 Å². The van der Waals surface area contributed by atoms with Gasteiger partial charge in [0.15, 0.2) is 0 Å². The Morgan fingerprint density at radius 3 is 2.44 bits per heavy atom. The summed E-state index contributed by atoms with van der Waals surface area (Å²) < 4.78 is 38.4. The van der Waals surface area contributed by atoms with Crippen LogP contribution in [0.2, 0.25) is 0 Å². The Balaban J connectivity index is 1.72. The number of rotatable bonds is 3. The molecule has 1 amide bonds. The van der Waals surface area contributed by atoms with Crippen molar-refractivity contribution in [3.63, 3.8) is 0 Å². The molecule has 1 aliphatic heterocycles. The van der Waals surface area contributed by atoms with Crippen LogP contribution in [0.5, 0.6) is 0 Å². The number of nitrogens with one attached hydrogen (secondary N) is 1. The topological polar surface area (TPSA) is 32.3 Å². The number of aryl methyl sites for hydroxylation is 1. The highest BCUT2D eigenvalue weighted by molar-refractivity contribution is 5.95. The largest absolute Gasteiger partial charge is 0.416 e. The number of carbonyl (C=O) groups excluding carboxylic acids is 1. The molecule has 0 spiro atoms. The summed E-state index contributed by atoms with van der Waals surface area (Å²) in [5.74, 6) is -0.262. The molecule has 1 saturated heterocycles. The van der Waals surface area contributed by atoms with Gasteiger partial charge < -0.3 is 5.32 Å². The van der Waals surface area contributed by atoms with E-state index in [2.05, 4.69) is 10.2 Å². The van der Waals surface area contributed by atoms with Crippen LogP contribution in [0.15, 0.2) is 18.2 Å². The molecule has 0 aromatic heterocycles. The lowest BCUT2D eigenvalue weighted by Gasteiger charge is -2.38. The van der Waals surface area contributed by atoms with Crippen LogP contribution in [0, 0.1) is 6.92 Å². The second-order valence-corrected chi connectivity index (χ2v) is 7.20. The van der Waals surface area contributed by atoms with E-state index >= 15 is 0 Å². The van der Waals surface area contributed by atoms with Crippen molar-refractivity contribution < 1.29 is 18.0 Å². The molecule has 3 nitrogen and oxygen atoms in total. The Hall–Kier alpha value is -1.56. The van der Waals surface area contributed by atoms with E-state index in [9.17, 15) is 18.0 Å². The van der Waals surface area contributed by atoms with Crippen molar-refractivity contribution in [3.05, 3.63) is 34.9 Å². The Labute approximate surface area is 146 Å². The summed E-state index contributed by atoms with van der Waals surface area (Å²) >= 11 is 0. The van der Waals surface area contributed by atoms with Gasteiger partial charge in [0.05, 0.1) is 5.56 Å². The van der Waals surface area contributed by atoms with Crippen molar-refractivity contribution in [3.8, 4) is 0 Å². The summed E-state index contributed by atoms with van der Waals surface area (Å²) in [6.45, 7) is 3.72. The Morgan fingerprint density at radius 2 is 1.80 bits per heavy atom. The second-order valence-electron chi connectivity index (χ2n) is 7.20. The van der Waals surface area contributed by atoms with Gasteiger partial charge in [-0.05, 0) is 69.5 Å². The van der Waals surface area contributed by atoms with E-state index < -0.39 is 11.7 Å². The van der Waals surface area contributed by atoms with Gasteiger partial charge >= 0.3 is 6.18 Å². The zero-order valence-corrected chi connectivity index (χ0v) is 14.5. The van der Waals surface area contributed by atoms with Gasteiger partial charge in [0.2, 0.25) is 0 Å². The van der Waals surface area contributed by atoms with Gasteiger partial charge in [-0.3, -0.25) is 9.69 Å². The molecule has 2 aliphatic rings. The van der Waals surface area contributed by atoms with Crippen LogP contribution in [0.1, 0.15) is 60.0 Å². The summed E-state index contributed by atoms with van der Waals surface area (Å²) in [6, 6.07) is 3.77. The number of halogens is 3. The van der Waals surface area contributed by atoms with E-state index in [0.717, 1.165) is 44.5 Å². The van der Waals surface area contributed by atoms with Crippen LogP contribution in [0.25, 0.3) is 0 Å². The van der Waals surface area contributed by atoms with Crippen LogP contribution < -0.4 is 5.32 Å². The van der Waals surface area contributed by atoms with Gasteiger partial charge in [-0.15, -0.1) is 0 Å². The van der Waals surface area contributed by atoms with Gasteiger partial charge in [-0.25, -0.2) is 0 Å².